The third kappa shape index (κ3) is 4.27. The van der Waals surface area contributed by atoms with Gasteiger partial charge in [-0.3, -0.25) is 9.78 Å². The first-order valence-corrected chi connectivity index (χ1v) is 11.8. The minimum absolute atomic E-state index is 0.140. The van der Waals surface area contributed by atoms with Gasteiger partial charge in [-0.15, -0.1) is 21.5 Å². The highest BCUT2D eigenvalue weighted by Crippen LogP contribution is 2.43. The SMILES string of the molecule is O=C(C[C@H]1CCNC1)c1cnc(-c2ccc(NCC3(c4ncccc4F)CCC3)nn2)s1. The second-order valence-electron chi connectivity index (χ2n) is 8.64. The summed E-state index contributed by atoms with van der Waals surface area (Å²) in [4.78, 5) is 21.9. The fourth-order valence-electron chi connectivity index (χ4n) is 4.45. The molecule has 1 aliphatic carbocycles. The summed E-state index contributed by atoms with van der Waals surface area (Å²) >= 11 is 1.36. The Hall–Kier alpha value is -2.78. The number of carbonyl (C=O) groups excluding carboxylic acids is 1. The van der Waals surface area contributed by atoms with Crippen LogP contribution < -0.4 is 10.6 Å². The normalized spacial score (nSPS) is 19.5. The maximum Gasteiger partial charge on any atom is 0.174 e. The summed E-state index contributed by atoms with van der Waals surface area (Å²) in [5, 5.41) is 15.8. The van der Waals surface area contributed by atoms with E-state index in [9.17, 15) is 9.18 Å². The number of anilines is 1. The molecule has 2 fully saturated rings. The van der Waals surface area contributed by atoms with Crippen LogP contribution in [0.1, 0.15) is 47.5 Å². The average Bonchev–Trinajstić information content (AvgIpc) is 3.47. The van der Waals surface area contributed by atoms with Crippen LogP contribution in [0.5, 0.6) is 0 Å². The van der Waals surface area contributed by atoms with Crippen molar-refractivity contribution in [3.8, 4) is 10.7 Å². The van der Waals surface area contributed by atoms with Crippen LogP contribution in [0.25, 0.3) is 10.7 Å². The molecule has 32 heavy (non-hydrogen) atoms. The van der Waals surface area contributed by atoms with Crippen LogP contribution in [0.3, 0.4) is 0 Å². The van der Waals surface area contributed by atoms with E-state index < -0.39 is 0 Å². The first kappa shape index (κ1) is 21.1. The van der Waals surface area contributed by atoms with Gasteiger partial charge in [0.05, 0.1) is 10.6 Å². The van der Waals surface area contributed by atoms with Crippen LogP contribution in [-0.2, 0) is 5.41 Å². The van der Waals surface area contributed by atoms with E-state index in [1.165, 1.54) is 17.4 Å². The number of aromatic nitrogens is 4. The Kier molecular flexibility index (Phi) is 5.93. The van der Waals surface area contributed by atoms with E-state index in [4.69, 9.17) is 0 Å². The molecule has 166 valence electrons. The molecule has 3 aromatic heterocycles. The lowest BCUT2D eigenvalue weighted by molar-refractivity contribution is 0.0968. The lowest BCUT2D eigenvalue weighted by atomic mass is 9.66. The van der Waals surface area contributed by atoms with E-state index >= 15 is 0 Å². The zero-order valence-corrected chi connectivity index (χ0v) is 18.5. The molecule has 9 heteroatoms. The number of pyridine rings is 1. The topological polar surface area (TPSA) is 92.7 Å². The monoisotopic (exact) mass is 452 g/mol. The summed E-state index contributed by atoms with van der Waals surface area (Å²) in [6.07, 6.45) is 7.74. The van der Waals surface area contributed by atoms with Crippen molar-refractivity contribution in [1.82, 2.24) is 25.5 Å². The Bertz CT molecular complexity index is 1090. The summed E-state index contributed by atoms with van der Waals surface area (Å²) in [5.41, 5.74) is 0.860. The molecule has 4 heterocycles. The second-order valence-corrected chi connectivity index (χ2v) is 9.67. The minimum atomic E-state index is -0.300. The number of ketones is 1. The Morgan fingerprint density at radius 3 is 2.84 bits per heavy atom. The van der Waals surface area contributed by atoms with Gasteiger partial charge in [0.15, 0.2) is 5.78 Å². The predicted molar refractivity (Wildman–Crippen MR) is 121 cm³/mol. The zero-order chi connectivity index (χ0) is 22.0. The Balaban J connectivity index is 1.22. The van der Waals surface area contributed by atoms with Crippen molar-refractivity contribution < 1.29 is 9.18 Å². The third-order valence-electron chi connectivity index (χ3n) is 6.48. The van der Waals surface area contributed by atoms with Crippen LogP contribution >= 0.6 is 11.3 Å². The molecule has 1 saturated carbocycles. The van der Waals surface area contributed by atoms with E-state index in [1.54, 1.807) is 18.5 Å². The quantitative estimate of drug-likeness (QED) is 0.502. The molecule has 1 aliphatic heterocycles. The number of thiazole rings is 1. The van der Waals surface area contributed by atoms with Crippen molar-refractivity contribution in [2.75, 3.05) is 25.0 Å². The Morgan fingerprint density at radius 2 is 2.16 bits per heavy atom. The number of nitrogens with zero attached hydrogens (tertiary/aromatic N) is 4. The van der Waals surface area contributed by atoms with Gasteiger partial charge < -0.3 is 10.6 Å². The molecule has 0 spiro atoms. The van der Waals surface area contributed by atoms with Gasteiger partial charge in [0.25, 0.3) is 0 Å². The van der Waals surface area contributed by atoms with Crippen LogP contribution in [0.15, 0.2) is 36.7 Å². The fraction of sp³-hybridized carbons (Fsp3) is 0.435. The van der Waals surface area contributed by atoms with Crippen LogP contribution in [-0.4, -0.2) is 45.6 Å². The minimum Gasteiger partial charge on any atom is -0.368 e. The molecular weight excluding hydrogens is 427 g/mol. The Labute approximate surface area is 189 Å². The number of hydrogen-bond acceptors (Lipinski definition) is 8. The molecule has 2 aliphatic rings. The third-order valence-corrected chi connectivity index (χ3v) is 7.54. The van der Waals surface area contributed by atoms with Crippen molar-refractivity contribution in [3.05, 3.63) is 53.0 Å². The van der Waals surface area contributed by atoms with Crippen LogP contribution in [0, 0.1) is 11.7 Å². The molecule has 1 atom stereocenters. The zero-order valence-electron chi connectivity index (χ0n) is 17.7. The van der Waals surface area contributed by atoms with Gasteiger partial charge in [-0.2, -0.15) is 0 Å². The van der Waals surface area contributed by atoms with Gasteiger partial charge in [0.1, 0.15) is 22.3 Å². The number of halogens is 1. The number of carbonyl (C=O) groups is 1. The van der Waals surface area contributed by atoms with Gasteiger partial charge in [0.2, 0.25) is 0 Å². The van der Waals surface area contributed by atoms with E-state index in [2.05, 4.69) is 30.8 Å². The van der Waals surface area contributed by atoms with Crippen LogP contribution in [0.4, 0.5) is 10.2 Å². The van der Waals surface area contributed by atoms with Gasteiger partial charge in [-0.05, 0) is 62.5 Å². The first-order valence-electron chi connectivity index (χ1n) is 11.0. The molecule has 1 saturated heterocycles. The molecule has 0 amide bonds. The highest BCUT2D eigenvalue weighted by Gasteiger charge is 2.41. The predicted octanol–water partition coefficient (Wildman–Crippen LogP) is 3.85. The highest BCUT2D eigenvalue weighted by molar-refractivity contribution is 7.16. The molecular formula is C23H25FN6OS. The number of rotatable bonds is 8. The summed E-state index contributed by atoms with van der Waals surface area (Å²) in [5.74, 6) is 0.921. The van der Waals surface area contributed by atoms with Crippen LogP contribution in [0.2, 0.25) is 0 Å². The summed E-state index contributed by atoms with van der Waals surface area (Å²) in [6.45, 7) is 2.45. The number of hydrogen-bond donors (Lipinski definition) is 2. The largest absolute Gasteiger partial charge is 0.368 e. The molecule has 5 rings (SSSR count). The smallest absolute Gasteiger partial charge is 0.174 e. The van der Waals surface area contributed by atoms with E-state index in [0.29, 0.717) is 46.0 Å². The summed E-state index contributed by atoms with van der Waals surface area (Å²) in [6, 6.07) is 6.77. The van der Waals surface area contributed by atoms with Gasteiger partial charge in [0, 0.05) is 30.8 Å². The van der Waals surface area contributed by atoms with Crippen molar-refractivity contribution in [2.45, 2.75) is 37.5 Å². The molecule has 0 unspecified atom stereocenters. The van der Waals surface area contributed by atoms with Gasteiger partial charge >= 0.3 is 0 Å². The van der Waals surface area contributed by atoms with Gasteiger partial charge in [-0.1, -0.05) is 6.42 Å². The number of Topliss-reactive ketones (excluding diaryl/α,β-unsaturated/α-hetero) is 1. The van der Waals surface area contributed by atoms with Crippen molar-refractivity contribution >= 4 is 22.9 Å². The molecule has 7 nitrogen and oxygen atoms in total. The highest BCUT2D eigenvalue weighted by atomic mass is 32.1. The summed E-state index contributed by atoms with van der Waals surface area (Å²) in [7, 11) is 0. The van der Waals surface area contributed by atoms with Crippen molar-refractivity contribution in [2.24, 2.45) is 5.92 Å². The molecule has 2 N–H and O–H groups in total. The standard InChI is InChI=1S/C23H25FN6OS/c24-16-3-1-9-26-21(16)23(7-2-8-23)14-28-20-5-4-17(29-30-20)22-27-13-19(32-22)18(31)11-15-6-10-25-12-15/h1,3-5,9,13,15,25H,2,6-8,10-12,14H2,(H,28,30)/t15-/m1/s1. The Morgan fingerprint density at radius 1 is 1.25 bits per heavy atom. The van der Waals surface area contributed by atoms with Crippen molar-refractivity contribution in [1.29, 1.82) is 0 Å². The van der Waals surface area contributed by atoms with Crippen molar-refractivity contribution in [3.63, 3.8) is 0 Å². The lowest BCUT2D eigenvalue weighted by Gasteiger charge is -2.41. The number of nitrogens with one attached hydrogen (secondary N) is 2. The maximum absolute atomic E-state index is 14.3. The fourth-order valence-corrected chi connectivity index (χ4v) is 5.28. The van der Waals surface area contributed by atoms with E-state index in [1.807, 2.05) is 12.1 Å². The second kappa shape index (κ2) is 8.99. The summed E-state index contributed by atoms with van der Waals surface area (Å²) < 4.78 is 14.3. The average molecular weight is 453 g/mol. The first-order chi connectivity index (χ1) is 15.6. The maximum atomic E-state index is 14.3. The molecule has 0 radical (unpaired) electrons. The molecule has 0 bridgehead atoms. The van der Waals surface area contributed by atoms with E-state index in [0.717, 1.165) is 38.8 Å². The van der Waals surface area contributed by atoms with E-state index in [-0.39, 0.29) is 17.0 Å². The molecule has 3 aromatic rings. The lowest BCUT2D eigenvalue weighted by Crippen LogP contribution is -2.42. The van der Waals surface area contributed by atoms with Gasteiger partial charge in [-0.25, -0.2) is 9.37 Å². The molecule has 0 aromatic carbocycles.